The summed E-state index contributed by atoms with van der Waals surface area (Å²) in [6.07, 6.45) is 6.89. The van der Waals surface area contributed by atoms with Gasteiger partial charge in [0.1, 0.15) is 0 Å². The average molecular weight is 187 g/mol. The molecule has 1 heteroatoms. The van der Waals surface area contributed by atoms with Crippen molar-refractivity contribution < 1.29 is 0 Å². The van der Waals surface area contributed by atoms with Crippen LogP contribution < -0.4 is 0 Å². The fourth-order valence-electron chi connectivity index (χ4n) is 0.490. The lowest BCUT2D eigenvalue weighted by molar-refractivity contribution is 1.15. The molecular weight excluding hydrogens is 176 g/mol. The van der Waals surface area contributed by atoms with Crippen LogP contribution in [0, 0.1) is 0 Å². The summed E-state index contributed by atoms with van der Waals surface area (Å²) < 4.78 is 0. The molecule has 0 N–H and O–H groups in total. The molecule has 0 aliphatic heterocycles. The molecule has 0 aliphatic rings. The van der Waals surface area contributed by atoms with Crippen LogP contribution in [0.1, 0.15) is 13.3 Å². The van der Waals surface area contributed by atoms with E-state index in [9.17, 15) is 0 Å². The van der Waals surface area contributed by atoms with Crippen molar-refractivity contribution in [2.75, 3.05) is 0 Å². The van der Waals surface area contributed by atoms with Crippen molar-refractivity contribution >= 4 is 15.9 Å². The van der Waals surface area contributed by atoms with Crippen LogP contribution in [0.5, 0.6) is 0 Å². The van der Waals surface area contributed by atoms with E-state index in [0.29, 0.717) is 0 Å². The minimum atomic E-state index is 1.04. The van der Waals surface area contributed by atoms with Crippen LogP contribution in [-0.2, 0) is 0 Å². The van der Waals surface area contributed by atoms with Crippen LogP contribution >= 0.6 is 15.9 Å². The summed E-state index contributed by atoms with van der Waals surface area (Å²) in [6.45, 7) is 5.77. The lowest BCUT2D eigenvalue weighted by atomic mass is 10.2. The van der Waals surface area contributed by atoms with Gasteiger partial charge in [0.25, 0.3) is 0 Å². The smallest absolute Gasteiger partial charge is 0.0189 e. The summed E-state index contributed by atoms with van der Waals surface area (Å²) >= 11 is 3.18. The lowest BCUT2D eigenvalue weighted by Gasteiger charge is -1.89. The molecule has 0 unspecified atom stereocenters. The summed E-state index contributed by atoms with van der Waals surface area (Å²) in [5, 5.41) is 0. The standard InChI is InChI=1S/C8H11Br/c1-3-8(4-2)6-5-7-9/h3,5-7H,1,4H2,2H3. The zero-order valence-corrected chi connectivity index (χ0v) is 7.19. The predicted octanol–water partition coefficient (Wildman–Crippen LogP) is 3.42. The minimum Gasteiger partial charge on any atom is -0.0988 e. The average Bonchev–Trinajstić information content (AvgIpc) is 1.91. The van der Waals surface area contributed by atoms with Gasteiger partial charge < -0.3 is 0 Å². The van der Waals surface area contributed by atoms with Crippen LogP contribution in [0.3, 0.4) is 0 Å². The van der Waals surface area contributed by atoms with Crippen molar-refractivity contribution in [1.82, 2.24) is 0 Å². The maximum atomic E-state index is 3.67. The molecule has 0 amide bonds. The van der Waals surface area contributed by atoms with Gasteiger partial charge in [-0.2, -0.15) is 0 Å². The molecule has 0 rings (SSSR count). The Morgan fingerprint density at radius 2 is 2.33 bits per heavy atom. The highest BCUT2D eigenvalue weighted by Crippen LogP contribution is 2.01. The van der Waals surface area contributed by atoms with E-state index in [2.05, 4.69) is 29.4 Å². The second-order valence-corrected chi connectivity index (χ2v) is 2.15. The molecule has 0 bridgehead atoms. The Hall–Kier alpha value is -0.300. The van der Waals surface area contributed by atoms with E-state index in [1.54, 1.807) is 0 Å². The fraction of sp³-hybridized carbons (Fsp3) is 0.250. The monoisotopic (exact) mass is 186 g/mol. The zero-order valence-electron chi connectivity index (χ0n) is 5.60. The molecule has 0 spiro atoms. The maximum absolute atomic E-state index is 3.67. The zero-order chi connectivity index (χ0) is 7.11. The Morgan fingerprint density at radius 3 is 2.67 bits per heavy atom. The molecule has 0 heterocycles. The van der Waals surface area contributed by atoms with Crippen molar-refractivity contribution in [3.63, 3.8) is 0 Å². The van der Waals surface area contributed by atoms with Crippen molar-refractivity contribution in [2.24, 2.45) is 0 Å². The topological polar surface area (TPSA) is 0 Å². The van der Waals surface area contributed by atoms with Crippen LogP contribution in [0.25, 0.3) is 0 Å². The van der Waals surface area contributed by atoms with Gasteiger partial charge in [0.2, 0.25) is 0 Å². The molecule has 0 nitrogen and oxygen atoms in total. The molecule has 0 fully saturated rings. The first-order chi connectivity index (χ1) is 4.35. The summed E-state index contributed by atoms with van der Waals surface area (Å²) in [5.74, 6) is 0. The lowest BCUT2D eigenvalue weighted by Crippen LogP contribution is -1.69. The van der Waals surface area contributed by atoms with E-state index < -0.39 is 0 Å². The first-order valence-corrected chi connectivity index (χ1v) is 3.85. The molecule has 0 radical (unpaired) electrons. The van der Waals surface area contributed by atoms with Gasteiger partial charge in [-0.1, -0.05) is 47.7 Å². The first-order valence-electron chi connectivity index (χ1n) is 2.93. The normalized spacial score (nSPS) is 12.4. The van der Waals surface area contributed by atoms with Crippen molar-refractivity contribution in [3.8, 4) is 0 Å². The van der Waals surface area contributed by atoms with Gasteiger partial charge in [0, 0.05) is 0 Å². The van der Waals surface area contributed by atoms with Crippen molar-refractivity contribution in [2.45, 2.75) is 13.3 Å². The van der Waals surface area contributed by atoms with Crippen LogP contribution in [0.4, 0.5) is 0 Å². The van der Waals surface area contributed by atoms with Gasteiger partial charge in [-0.15, -0.1) is 0 Å². The molecule has 0 atom stereocenters. The van der Waals surface area contributed by atoms with Crippen molar-refractivity contribution in [3.05, 3.63) is 35.4 Å². The summed E-state index contributed by atoms with van der Waals surface area (Å²) in [5.41, 5.74) is 1.26. The fourth-order valence-corrected chi connectivity index (χ4v) is 0.643. The van der Waals surface area contributed by atoms with Crippen LogP contribution in [0.2, 0.25) is 0 Å². The van der Waals surface area contributed by atoms with E-state index in [1.165, 1.54) is 5.57 Å². The number of rotatable bonds is 3. The third-order valence-corrected chi connectivity index (χ3v) is 1.36. The maximum Gasteiger partial charge on any atom is -0.0189 e. The van der Waals surface area contributed by atoms with Crippen LogP contribution in [0.15, 0.2) is 35.4 Å². The highest BCUT2D eigenvalue weighted by atomic mass is 79.9. The summed E-state index contributed by atoms with van der Waals surface area (Å²) in [7, 11) is 0. The minimum absolute atomic E-state index is 1.04. The molecule has 0 aromatic heterocycles. The SMILES string of the molecule is C=CC(=CC=CBr)CC. The van der Waals surface area contributed by atoms with Gasteiger partial charge >= 0.3 is 0 Å². The summed E-state index contributed by atoms with van der Waals surface area (Å²) in [6, 6.07) is 0. The van der Waals surface area contributed by atoms with E-state index in [0.717, 1.165) is 6.42 Å². The molecule has 0 aliphatic carbocycles. The molecule has 0 saturated carbocycles. The Morgan fingerprint density at radius 1 is 1.67 bits per heavy atom. The number of halogens is 1. The molecule has 0 aromatic carbocycles. The number of hydrogen-bond acceptors (Lipinski definition) is 0. The second kappa shape index (κ2) is 5.83. The second-order valence-electron chi connectivity index (χ2n) is 1.62. The van der Waals surface area contributed by atoms with E-state index in [4.69, 9.17) is 0 Å². The number of allylic oxidation sites excluding steroid dienone is 4. The quantitative estimate of drug-likeness (QED) is 0.594. The largest absolute Gasteiger partial charge is 0.0988 e. The van der Waals surface area contributed by atoms with Gasteiger partial charge in [0.15, 0.2) is 0 Å². The molecule has 9 heavy (non-hydrogen) atoms. The van der Waals surface area contributed by atoms with E-state index >= 15 is 0 Å². The van der Waals surface area contributed by atoms with Gasteiger partial charge in [-0.25, -0.2) is 0 Å². The Labute approximate surface area is 65.1 Å². The van der Waals surface area contributed by atoms with Gasteiger partial charge in [-0.05, 0) is 17.0 Å². The number of hydrogen-bond donors (Lipinski definition) is 0. The Kier molecular flexibility index (Phi) is 5.64. The third kappa shape index (κ3) is 4.22. The molecule has 50 valence electrons. The third-order valence-electron chi connectivity index (χ3n) is 1.05. The first kappa shape index (κ1) is 8.70. The molecule has 0 aromatic rings. The van der Waals surface area contributed by atoms with Gasteiger partial charge in [0.05, 0.1) is 0 Å². The predicted molar refractivity (Wildman–Crippen MR) is 46.6 cm³/mol. The summed E-state index contributed by atoms with van der Waals surface area (Å²) in [4.78, 5) is 1.83. The Balaban J connectivity index is 3.90. The van der Waals surface area contributed by atoms with E-state index in [-0.39, 0.29) is 0 Å². The highest BCUT2D eigenvalue weighted by Gasteiger charge is 1.79. The van der Waals surface area contributed by atoms with Crippen molar-refractivity contribution in [1.29, 1.82) is 0 Å². The highest BCUT2D eigenvalue weighted by molar-refractivity contribution is 9.11. The molecule has 0 saturated heterocycles. The molecular formula is C8H11Br. The van der Waals surface area contributed by atoms with E-state index in [1.807, 2.05) is 23.2 Å². The van der Waals surface area contributed by atoms with Crippen LogP contribution in [-0.4, -0.2) is 0 Å². The van der Waals surface area contributed by atoms with Gasteiger partial charge in [-0.3, -0.25) is 0 Å². The Bertz CT molecular complexity index is 132.